The van der Waals surface area contributed by atoms with Crippen LogP contribution in [0.3, 0.4) is 0 Å². The normalized spacial score (nSPS) is 19.8. The lowest BCUT2D eigenvalue weighted by Crippen LogP contribution is -2.47. The van der Waals surface area contributed by atoms with Crippen LogP contribution in [0.5, 0.6) is 0 Å². The molecule has 4 nitrogen and oxygen atoms in total. The highest BCUT2D eigenvalue weighted by molar-refractivity contribution is 5.91. The Kier molecular flexibility index (Phi) is 4.93. The van der Waals surface area contributed by atoms with Crippen LogP contribution in [-0.2, 0) is 15.0 Å². The van der Waals surface area contributed by atoms with Crippen molar-refractivity contribution >= 4 is 11.8 Å². The third-order valence-electron chi connectivity index (χ3n) is 5.69. The fraction of sp³-hybridized carbons (Fsp3) is 0.600. The smallest absolute Gasteiger partial charge is 0.233 e. The van der Waals surface area contributed by atoms with Gasteiger partial charge in [-0.15, -0.1) is 0 Å². The first-order valence-corrected chi connectivity index (χ1v) is 9.26. The van der Waals surface area contributed by atoms with Gasteiger partial charge in [0.05, 0.1) is 5.41 Å². The van der Waals surface area contributed by atoms with Crippen molar-refractivity contribution in [1.82, 2.24) is 9.80 Å². The second kappa shape index (κ2) is 6.96. The molecule has 0 radical (unpaired) electrons. The molecular weight excluding hydrogens is 300 g/mol. The molecule has 0 unspecified atom stereocenters. The van der Waals surface area contributed by atoms with Crippen LogP contribution in [-0.4, -0.2) is 47.8 Å². The van der Waals surface area contributed by atoms with Gasteiger partial charge >= 0.3 is 0 Å². The van der Waals surface area contributed by atoms with Gasteiger partial charge < -0.3 is 9.80 Å². The molecule has 1 heterocycles. The molecule has 1 aliphatic heterocycles. The zero-order valence-corrected chi connectivity index (χ0v) is 14.8. The van der Waals surface area contributed by atoms with Gasteiger partial charge in [-0.1, -0.05) is 30.3 Å². The summed E-state index contributed by atoms with van der Waals surface area (Å²) >= 11 is 0. The van der Waals surface area contributed by atoms with E-state index in [0.29, 0.717) is 13.1 Å². The molecule has 1 saturated carbocycles. The van der Waals surface area contributed by atoms with E-state index in [0.717, 1.165) is 44.3 Å². The van der Waals surface area contributed by atoms with Crippen molar-refractivity contribution in [1.29, 1.82) is 0 Å². The fourth-order valence-electron chi connectivity index (χ4n) is 3.93. The lowest BCUT2D eigenvalue weighted by atomic mass is 9.90. The standard InChI is InChI=1S/C20H28N2O2/c1-3-21(4-2)18(23)16-10-14-22(15-11-16)19(24)20(12-13-20)17-8-6-5-7-9-17/h5-9,16H,3-4,10-15H2,1-2H3. The van der Waals surface area contributed by atoms with Crippen LogP contribution in [0.1, 0.15) is 45.1 Å². The highest BCUT2D eigenvalue weighted by atomic mass is 16.2. The number of nitrogens with zero attached hydrogens (tertiary/aromatic N) is 2. The summed E-state index contributed by atoms with van der Waals surface area (Å²) in [5, 5.41) is 0. The molecule has 0 atom stereocenters. The molecule has 1 aromatic rings. The maximum absolute atomic E-state index is 13.0. The number of carbonyl (C=O) groups excluding carboxylic acids is 2. The highest BCUT2D eigenvalue weighted by Crippen LogP contribution is 2.49. The number of amides is 2. The Morgan fingerprint density at radius 2 is 1.67 bits per heavy atom. The predicted molar refractivity (Wildman–Crippen MR) is 94.6 cm³/mol. The van der Waals surface area contributed by atoms with Crippen LogP contribution < -0.4 is 0 Å². The molecule has 0 N–H and O–H groups in total. The summed E-state index contributed by atoms with van der Waals surface area (Å²) in [6, 6.07) is 10.2. The zero-order valence-electron chi connectivity index (χ0n) is 14.8. The Balaban J connectivity index is 1.61. The molecule has 24 heavy (non-hydrogen) atoms. The number of likely N-dealkylation sites (tertiary alicyclic amines) is 1. The van der Waals surface area contributed by atoms with Crippen LogP contribution in [0.2, 0.25) is 0 Å². The number of benzene rings is 1. The summed E-state index contributed by atoms with van der Waals surface area (Å²) in [6.45, 7) is 7.01. The first-order valence-electron chi connectivity index (χ1n) is 9.26. The third kappa shape index (κ3) is 3.06. The lowest BCUT2D eigenvalue weighted by molar-refractivity contribution is -0.141. The van der Waals surface area contributed by atoms with E-state index in [1.165, 1.54) is 0 Å². The SMILES string of the molecule is CCN(CC)C(=O)C1CCN(C(=O)C2(c3ccccc3)CC2)CC1. The van der Waals surface area contributed by atoms with E-state index in [-0.39, 0.29) is 23.1 Å². The minimum Gasteiger partial charge on any atom is -0.343 e. The quantitative estimate of drug-likeness (QED) is 0.834. The number of piperidine rings is 1. The minimum absolute atomic E-state index is 0.0841. The van der Waals surface area contributed by atoms with Gasteiger partial charge in [-0.05, 0) is 45.1 Å². The van der Waals surface area contributed by atoms with Gasteiger partial charge in [0.1, 0.15) is 0 Å². The first kappa shape index (κ1) is 17.0. The van der Waals surface area contributed by atoms with E-state index >= 15 is 0 Å². The number of rotatable bonds is 5. The van der Waals surface area contributed by atoms with E-state index in [9.17, 15) is 9.59 Å². The van der Waals surface area contributed by atoms with Gasteiger partial charge in [-0.25, -0.2) is 0 Å². The molecule has 0 aromatic heterocycles. The molecule has 2 aliphatic rings. The Bertz CT molecular complexity index is 583. The molecule has 1 aromatic carbocycles. The van der Waals surface area contributed by atoms with Gasteiger partial charge in [0.15, 0.2) is 0 Å². The minimum atomic E-state index is -0.281. The Morgan fingerprint density at radius 3 is 2.17 bits per heavy atom. The summed E-state index contributed by atoms with van der Waals surface area (Å²) in [6.07, 6.45) is 3.50. The van der Waals surface area contributed by atoms with Gasteiger partial charge in [0.25, 0.3) is 0 Å². The van der Waals surface area contributed by atoms with E-state index in [1.807, 2.05) is 41.8 Å². The van der Waals surface area contributed by atoms with E-state index in [4.69, 9.17) is 0 Å². The monoisotopic (exact) mass is 328 g/mol. The van der Waals surface area contributed by atoms with Gasteiger partial charge in [-0.2, -0.15) is 0 Å². The zero-order chi connectivity index (χ0) is 17.2. The van der Waals surface area contributed by atoms with Crippen molar-refractivity contribution in [2.24, 2.45) is 5.92 Å². The highest BCUT2D eigenvalue weighted by Gasteiger charge is 2.53. The number of hydrogen-bond acceptors (Lipinski definition) is 2. The van der Waals surface area contributed by atoms with Crippen LogP contribution in [0.4, 0.5) is 0 Å². The van der Waals surface area contributed by atoms with Crippen molar-refractivity contribution < 1.29 is 9.59 Å². The van der Waals surface area contributed by atoms with Gasteiger partial charge in [-0.3, -0.25) is 9.59 Å². The molecular formula is C20H28N2O2. The van der Waals surface area contributed by atoms with E-state index in [2.05, 4.69) is 12.1 Å². The summed E-state index contributed by atoms with van der Waals surface area (Å²) in [5.74, 6) is 0.611. The van der Waals surface area contributed by atoms with Gasteiger partial charge in [0.2, 0.25) is 11.8 Å². The lowest BCUT2D eigenvalue weighted by Gasteiger charge is -2.35. The molecule has 1 aliphatic carbocycles. The van der Waals surface area contributed by atoms with Gasteiger partial charge in [0, 0.05) is 32.1 Å². The predicted octanol–water partition coefficient (Wildman–Crippen LogP) is 2.83. The van der Waals surface area contributed by atoms with Crippen LogP contribution in [0, 0.1) is 5.92 Å². The molecule has 2 fully saturated rings. The maximum Gasteiger partial charge on any atom is 0.233 e. The molecule has 4 heteroatoms. The fourth-order valence-corrected chi connectivity index (χ4v) is 3.93. The number of carbonyl (C=O) groups is 2. The second-order valence-electron chi connectivity index (χ2n) is 7.03. The average Bonchev–Trinajstić information content (AvgIpc) is 3.45. The molecule has 130 valence electrons. The summed E-state index contributed by atoms with van der Waals surface area (Å²) in [7, 11) is 0. The summed E-state index contributed by atoms with van der Waals surface area (Å²) < 4.78 is 0. The Labute approximate surface area is 144 Å². The molecule has 2 amide bonds. The average molecular weight is 328 g/mol. The van der Waals surface area contributed by atoms with E-state index < -0.39 is 0 Å². The molecule has 1 saturated heterocycles. The Morgan fingerprint density at radius 1 is 1.08 bits per heavy atom. The number of hydrogen-bond donors (Lipinski definition) is 0. The van der Waals surface area contributed by atoms with Crippen molar-refractivity contribution in [3.05, 3.63) is 35.9 Å². The first-order chi connectivity index (χ1) is 11.6. The van der Waals surface area contributed by atoms with Crippen LogP contribution in [0.15, 0.2) is 30.3 Å². The Hall–Kier alpha value is -1.84. The maximum atomic E-state index is 13.0. The molecule has 0 bridgehead atoms. The molecule has 0 spiro atoms. The summed E-state index contributed by atoms with van der Waals surface area (Å²) in [5.41, 5.74) is 0.869. The largest absolute Gasteiger partial charge is 0.343 e. The summed E-state index contributed by atoms with van der Waals surface area (Å²) in [4.78, 5) is 29.4. The van der Waals surface area contributed by atoms with Crippen LogP contribution >= 0.6 is 0 Å². The third-order valence-corrected chi connectivity index (χ3v) is 5.69. The van der Waals surface area contributed by atoms with E-state index in [1.54, 1.807) is 0 Å². The van der Waals surface area contributed by atoms with Crippen LogP contribution in [0.25, 0.3) is 0 Å². The van der Waals surface area contributed by atoms with Crippen molar-refractivity contribution in [3.63, 3.8) is 0 Å². The van der Waals surface area contributed by atoms with Crippen molar-refractivity contribution in [2.45, 2.75) is 44.9 Å². The van der Waals surface area contributed by atoms with Crippen molar-refractivity contribution in [3.8, 4) is 0 Å². The molecule has 3 rings (SSSR count). The topological polar surface area (TPSA) is 40.6 Å². The van der Waals surface area contributed by atoms with Crippen molar-refractivity contribution in [2.75, 3.05) is 26.2 Å². The second-order valence-corrected chi connectivity index (χ2v) is 7.03.